The van der Waals surface area contributed by atoms with Crippen LogP contribution in [0.2, 0.25) is 5.15 Å². The van der Waals surface area contributed by atoms with Gasteiger partial charge in [0.25, 0.3) is 0 Å². The van der Waals surface area contributed by atoms with Crippen LogP contribution in [0.4, 0.5) is 0 Å². The second-order valence-corrected chi connectivity index (χ2v) is 28.7. The second-order valence-electron chi connectivity index (χ2n) is 28.3. The third kappa shape index (κ3) is 30.3. The van der Waals surface area contributed by atoms with E-state index < -0.39 is 0 Å². The molecule has 0 unspecified atom stereocenters. The number of aryl methyl sites for hydroxylation is 3. The van der Waals surface area contributed by atoms with Gasteiger partial charge in [0.2, 0.25) is 0 Å². The van der Waals surface area contributed by atoms with E-state index in [1.165, 1.54) is 45.4 Å². The molecule has 0 saturated carbocycles. The molecule has 0 atom stereocenters. The van der Waals surface area contributed by atoms with E-state index in [0.717, 1.165) is 34.9 Å². The van der Waals surface area contributed by atoms with Gasteiger partial charge in [0.1, 0.15) is 28.2 Å². The highest BCUT2D eigenvalue weighted by Crippen LogP contribution is 2.32. The molecule has 0 fully saturated rings. The van der Waals surface area contributed by atoms with Gasteiger partial charge >= 0.3 is 0 Å². The number of aromatic hydroxyl groups is 1. The fraction of sp³-hybridized carbons (Fsp3) is 0.467. The highest BCUT2D eigenvalue weighted by Gasteiger charge is 2.19. The Morgan fingerprint density at radius 1 is 0.427 bits per heavy atom. The van der Waals surface area contributed by atoms with Crippen molar-refractivity contribution in [2.45, 2.75) is 205 Å². The Morgan fingerprint density at radius 3 is 1.29 bits per heavy atom. The predicted octanol–water partition coefficient (Wildman–Crippen LogP) is 21.4. The number of benzene rings is 5. The lowest BCUT2D eigenvalue weighted by molar-refractivity contribution is 0.378. The number of aromatic nitrogens is 2. The number of phenolic OH excluding ortho intramolecular Hbond substituents is 1. The molecule has 0 amide bonds. The van der Waals surface area contributed by atoms with E-state index in [2.05, 4.69) is 229 Å². The molecule has 0 bridgehead atoms. The average molecular weight is 1140 g/mol. The van der Waals surface area contributed by atoms with E-state index in [9.17, 15) is 5.11 Å². The number of halogens is 1. The lowest BCUT2D eigenvalue weighted by Gasteiger charge is -2.21. The third-order valence-electron chi connectivity index (χ3n) is 13.1. The smallest absolute Gasteiger partial charge is 0.129 e. The van der Waals surface area contributed by atoms with Gasteiger partial charge in [-0.2, -0.15) is 0 Å². The molecular weight excluding hydrogens is 1030 g/mol. The molecule has 0 saturated heterocycles. The molecule has 0 aliphatic heterocycles. The molecule has 450 valence electrons. The Morgan fingerprint density at radius 2 is 0.902 bits per heavy atom. The van der Waals surface area contributed by atoms with Gasteiger partial charge in [-0.15, -0.1) is 0 Å². The summed E-state index contributed by atoms with van der Waals surface area (Å²) >= 11 is 5.85. The fourth-order valence-electron chi connectivity index (χ4n) is 7.73. The molecule has 0 spiro atoms. The van der Waals surface area contributed by atoms with Crippen molar-refractivity contribution in [3.8, 4) is 23.0 Å². The van der Waals surface area contributed by atoms with Crippen molar-refractivity contribution in [2.24, 2.45) is 5.41 Å². The Kier molecular flexibility index (Phi) is 30.0. The van der Waals surface area contributed by atoms with Crippen molar-refractivity contribution < 1.29 is 19.3 Å². The van der Waals surface area contributed by atoms with Gasteiger partial charge < -0.3 is 19.3 Å². The van der Waals surface area contributed by atoms with E-state index >= 15 is 0 Å². The van der Waals surface area contributed by atoms with E-state index in [0.29, 0.717) is 16.3 Å². The van der Waals surface area contributed by atoms with Gasteiger partial charge in [-0.05, 0) is 158 Å². The number of pyridine rings is 2. The Hall–Kier alpha value is -6.11. The van der Waals surface area contributed by atoms with Gasteiger partial charge in [-0.3, -0.25) is 4.98 Å². The fourth-order valence-corrected chi connectivity index (χ4v) is 7.98. The quantitative estimate of drug-likeness (QED) is 0.173. The summed E-state index contributed by atoms with van der Waals surface area (Å²) in [5.41, 5.74) is 12.7. The number of methoxy groups -OCH3 is 3. The summed E-state index contributed by atoms with van der Waals surface area (Å²) in [6, 6.07) is 48.9. The number of nitrogens with zero attached hydrogens (tertiary/aromatic N) is 2. The number of rotatable bonds is 5. The van der Waals surface area contributed by atoms with Gasteiger partial charge in [-0.25, -0.2) is 4.98 Å². The molecule has 1 N–H and O–H groups in total. The number of phenols is 1. The zero-order chi connectivity index (χ0) is 62.9. The summed E-state index contributed by atoms with van der Waals surface area (Å²) < 4.78 is 15.5. The first kappa shape index (κ1) is 73.9. The van der Waals surface area contributed by atoms with Crippen molar-refractivity contribution in [1.82, 2.24) is 9.97 Å². The maximum atomic E-state index is 9.45. The molecule has 6 nitrogen and oxygen atoms in total. The SMILES string of the molecule is CC(C)(C)CCc1cccnc1.CC(C)(C)c1ccccc1O.COc1ccc(C(C)(C)C)cc1.COc1cccc(C(C)(C)C)c1.COc1ccccc1C(C)(C)C.Cc1cc(C(C)(C)C)cc(Cl)n1.Cc1ccc(C(C)(C)C)cc1. The van der Waals surface area contributed by atoms with Gasteiger partial charge in [0.15, 0.2) is 0 Å². The van der Waals surface area contributed by atoms with Crippen molar-refractivity contribution in [2.75, 3.05) is 21.3 Å². The summed E-state index contributed by atoms with van der Waals surface area (Å²) in [7, 11) is 5.10. The normalized spacial score (nSPS) is 11.5. The standard InChI is InChI=1S/C11H17N.3C11H16O.C11H16.C10H14ClN.C10H14O/c1-11(2,3)7-6-10-5-4-8-12-9-10;1-11(2,3)9-5-7-10(12-4)8-6-9;1-11(2,3)9-6-5-7-10(8-9)12-4;1-11(2,3)9-7-5-6-8-10(9)12-4;1-9-5-7-10(8-6-9)11(2,3)4;1-7-5-8(10(2,3)4)6-9(11)12-7;1-10(2,3)8-6-4-5-7-9(8)11/h4-5,8-9H,6-7H2,1-3H3;3*5-8H,1-4H3;5-8H,1-4H3;5-6H,1-4H3;4-7,11H,1-3H3. The van der Waals surface area contributed by atoms with E-state index in [4.69, 9.17) is 25.8 Å². The third-order valence-corrected chi connectivity index (χ3v) is 13.3. The molecule has 7 rings (SSSR count). The summed E-state index contributed by atoms with van der Waals surface area (Å²) in [5.74, 6) is 3.22. The monoisotopic (exact) mass is 1140 g/mol. The van der Waals surface area contributed by atoms with Crippen LogP contribution in [0.25, 0.3) is 0 Å². The Balaban J connectivity index is 0.000000478. The van der Waals surface area contributed by atoms with E-state index in [1.54, 1.807) is 27.4 Å². The molecule has 5 aromatic carbocycles. The lowest BCUT2D eigenvalue weighted by Crippen LogP contribution is -2.12. The van der Waals surface area contributed by atoms with Crippen LogP contribution < -0.4 is 14.2 Å². The van der Waals surface area contributed by atoms with Crippen LogP contribution in [-0.2, 0) is 38.9 Å². The van der Waals surface area contributed by atoms with Crippen LogP contribution in [-0.4, -0.2) is 36.4 Å². The molecule has 2 aromatic heterocycles. The maximum absolute atomic E-state index is 9.45. The predicted molar refractivity (Wildman–Crippen MR) is 356 cm³/mol. The first-order chi connectivity index (χ1) is 37.6. The van der Waals surface area contributed by atoms with Crippen molar-refractivity contribution in [3.63, 3.8) is 0 Å². The zero-order valence-electron chi connectivity index (χ0n) is 55.9. The number of hydrogen-bond donors (Lipinski definition) is 1. The molecule has 2 heterocycles. The van der Waals surface area contributed by atoms with Crippen LogP contribution in [0.1, 0.15) is 202 Å². The Labute approximate surface area is 505 Å². The summed E-state index contributed by atoms with van der Waals surface area (Å²) in [5, 5.41) is 10.0. The van der Waals surface area contributed by atoms with Gasteiger partial charge in [0.05, 0.1) is 21.3 Å². The number of hydrogen-bond acceptors (Lipinski definition) is 6. The number of para-hydroxylation sites is 2. The second kappa shape index (κ2) is 33.3. The topological polar surface area (TPSA) is 73.7 Å². The highest BCUT2D eigenvalue weighted by atomic mass is 35.5. The van der Waals surface area contributed by atoms with Gasteiger partial charge in [-0.1, -0.05) is 254 Å². The van der Waals surface area contributed by atoms with E-state index in [1.807, 2.05) is 92.1 Å². The van der Waals surface area contributed by atoms with Crippen LogP contribution in [0.5, 0.6) is 23.0 Å². The lowest BCUT2D eigenvalue weighted by atomic mass is 9.86. The largest absolute Gasteiger partial charge is 0.508 e. The van der Waals surface area contributed by atoms with Crippen molar-refractivity contribution >= 4 is 11.6 Å². The Bertz CT molecular complexity index is 2840. The van der Waals surface area contributed by atoms with Crippen LogP contribution in [0.3, 0.4) is 0 Å². The molecule has 0 aliphatic rings. The van der Waals surface area contributed by atoms with Crippen LogP contribution >= 0.6 is 11.6 Å². The zero-order valence-corrected chi connectivity index (χ0v) is 56.6. The first-order valence-corrected chi connectivity index (χ1v) is 29.3. The molecule has 0 aliphatic carbocycles. The summed E-state index contributed by atoms with van der Waals surface area (Å²) in [6.45, 7) is 50.1. The summed E-state index contributed by atoms with van der Waals surface area (Å²) in [6.07, 6.45) is 6.13. The maximum Gasteiger partial charge on any atom is 0.129 e. The minimum Gasteiger partial charge on any atom is -0.508 e. The van der Waals surface area contributed by atoms with Crippen molar-refractivity contribution in [3.05, 3.63) is 213 Å². The average Bonchev–Trinajstić information content (AvgIpc) is 3.45. The molecule has 7 heteroatoms. The number of ether oxygens (including phenoxy) is 3. The minimum atomic E-state index is 0.0331. The van der Waals surface area contributed by atoms with Gasteiger partial charge in [0, 0.05) is 18.1 Å². The first-order valence-electron chi connectivity index (χ1n) is 28.9. The molecular formula is C75H109ClN2O4. The molecule has 0 radical (unpaired) electrons. The summed E-state index contributed by atoms with van der Waals surface area (Å²) in [4.78, 5) is 8.20. The molecule has 82 heavy (non-hydrogen) atoms. The van der Waals surface area contributed by atoms with Crippen LogP contribution in [0.15, 0.2) is 158 Å². The highest BCUT2D eigenvalue weighted by molar-refractivity contribution is 6.29. The van der Waals surface area contributed by atoms with Crippen molar-refractivity contribution in [1.29, 1.82) is 0 Å². The molecule has 7 aromatic rings. The minimum absolute atomic E-state index is 0.0331. The van der Waals surface area contributed by atoms with E-state index in [-0.39, 0.29) is 32.5 Å². The van der Waals surface area contributed by atoms with Crippen LogP contribution in [0, 0.1) is 19.3 Å².